The quantitative estimate of drug-likeness (QED) is 0.920. The topological polar surface area (TPSA) is 58.1 Å². The molecule has 1 aromatic carbocycles. The van der Waals surface area contributed by atoms with E-state index < -0.39 is 0 Å². The molecule has 118 valence electrons. The molecule has 1 amide bonds. The third kappa shape index (κ3) is 3.80. The van der Waals surface area contributed by atoms with Crippen LogP contribution in [0.4, 0.5) is 0 Å². The molecule has 1 atom stereocenters. The SMILES string of the molecule is Cc1nc(CN(C)[C@@H](C)C(=O)NC(C)C)nc2ccccc12. The van der Waals surface area contributed by atoms with Crippen LogP contribution in [0.5, 0.6) is 0 Å². The molecule has 0 aliphatic rings. The largest absolute Gasteiger partial charge is 0.353 e. The molecular formula is C17H24N4O. The zero-order chi connectivity index (χ0) is 16.3. The van der Waals surface area contributed by atoms with Crippen LogP contribution in [0.1, 0.15) is 32.3 Å². The van der Waals surface area contributed by atoms with E-state index >= 15 is 0 Å². The number of para-hydroxylation sites is 1. The van der Waals surface area contributed by atoms with Gasteiger partial charge in [0.25, 0.3) is 0 Å². The molecule has 1 N–H and O–H groups in total. The van der Waals surface area contributed by atoms with Crippen molar-refractivity contribution in [2.75, 3.05) is 7.05 Å². The lowest BCUT2D eigenvalue weighted by atomic mass is 10.2. The summed E-state index contributed by atoms with van der Waals surface area (Å²) >= 11 is 0. The van der Waals surface area contributed by atoms with Crippen molar-refractivity contribution in [3.8, 4) is 0 Å². The van der Waals surface area contributed by atoms with Gasteiger partial charge in [-0.15, -0.1) is 0 Å². The van der Waals surface area contributed by atoms with E-state index in [-0.39, 0.29) is 18.0 Å². The van der Waals surface area contributed by atoms with E-state index in [1.165, 1.54) is 0 Å². The van der Waals surface area contributed by atoms with Gasteiger partial charge in [-0.1, -0.05) is 18.2 Å². The van der Waals surface area contributed by atoms with Crippen molar-refractivity contribution in [3.63, 3.8) is 0 Å². The number of aryl methyl sites for hydroxylation is 1. The van der Waals surface area contributed by atoms with Gasteiger partial charge in [0, 0.05) is 17.1 Å². The standard InChI is InChI=1S/C17H24N4O/c1-11(2)18-17(22)13(4)21(5)10-16-19-12(3)14-8-6-7-9-15(14)20-16/h6-9,11,13H,10H2,1-5H3,(H,18,22)/t13-/m0/s1. The number of carbonyl (C=O) groups is 1. The Morgan fingerprint density at radius 2 is 1.91 bits per heavy atom. The van der Waals surface area contributed by atoms with Crippen LogP contribution in [-0.2, 0) is 11.3 Å². The van der Waals surface area contributed by atoms with Gasteiger partial charge < -0.3 is 5.32 Å². The number of likely N-dealkylation sites (N-methyl/N-ethyl adjacent to an activating group) is 1. The van der Waals surface area contributed by atoms with Crippen molar-refractivity contribution in [3.05, 3.63) is 35.8 Å². The molecule has 0 bridgehead atoms. The summed E-state index contributed by atoms with van der Waals surface area (Å²) in [6.07, 6.45) is 0. The second-order valence-corrected chi connectivity index (χ2v) is 6.00. The van der Waals surface area contributed by atoms with Gasteiger partial charge in [-0.2, -0.15) is 0 Å². The van der Waals surface area contributed by atoms with E-state index in [0.717, 1.165) is 22.4 Å². The zero-order valence-corrected chi connectivity index (χ0v) is 13.9. The number of aromatic nitrogens is 2. The van der Waals surface area contributed by atoms with Crippen LogP contribution in [-0.4, -0.2) is 39.9 Å². The molecule has 2 rings (SSSR count). The van der Waals surface area contributed by atoms with E-state index in [4.69, 9.17) is 0 Å². The van der Waals surface area contributed by atoms with Crippen LogP contribution in [0.3, 0.4) is 0 Å². The maximum atomic E-state index is 12.1. The van der Waals surface area contributed by atoms with Gasteiger partial charge in [0.15, 0.2) is 0 Å². The van der Waals surface area contributed by atoms with Gasteiger partial charge in [-0.25, -0.2) is 9.97 Å². The van der Waals surface area contributed by atoms with Gasteiger partial charge in [0.1, 0.15) is 5.82 Å². The summed E-state index contributed by atoms with van der Waals surface area (Å²) in [5.74, 6) is 0.762. The smallest absolute Gasteiger partial charge is 0.237 e. The number of carbonyl (C=O) groups excluding carboxylic acids is 1. The number of benzene rings is 1. The summed E-state index contributed by atoms with van der Waals surface area (Å²) in [6.45, 7) is 8.34. The molecule has 0 saturated heterocycles. The number of nitrogens with one attached hydrogen (secondary N) is 1. The van der Waals surface area contributed by atoms with Crippen molar-refractivity contribution in [2.45, 2.75) is 46.3 Å². The highest BCUT2D eigenvalue weighted by molar-refractivity contribution is 5.81. The molecule has 0 fully saturated rings. The lowest BCUT2D eigenvalue weighted by Gasteiger charge is -2.24. The summed E-state index contributed by atoms with van der Waals surface area (Å²) in [6, 6.07) is 7.89. The Balaban J connectivity index is 2.14. The fourth-order valence-corrected chi connectivity index (χ4v) is 2.33. The Morgan fingerprint density at radius 1 is 1.23 bits per heavy atom. The predicted octanol–water partition coefficient (Wildman–Crippen LogP) is 2.28. The Labute approximate surface area is 131 Å². The number of amides is 1. The maximum Gasteiger partial charge on any atom is 0.237 e. The van der Waals surface area contributed by atoms with Crippen LogP contribution in [0.2, 0.25) is 0 Å². The highest BCUT2D eigenvalue weighted by atomic mass is 16.2. The van der Waals surface area contributed by atoms with Gasteiger partial charge >= 0.3 is 0 Å². The summed E-state index contributed by atoms with van der Waals surface area (Å²) in [4.78, 5) is 23.2. The number of rotatable bonds is 5. The molecule has 0 aliphatic heterocycles. The Bertz CT molecular complexity index is 669. The monoisotopic (exact) mass is 300 g/mol. The predicted molar refractivity (Wildman–Crippen MR) is 88.5 cm³/mol. The number of fused-ring (bicyclic) bond motifs is 1. The average molecular weight is 300 g/mol. The van der Waals surface area contributed by atoms with E-state index in [2.05, 4.69) is 15.3 Å². The second-order valence-electron chi connectivity index (χ2n) is 6.00. The van der Waals surface area contributed by atoms with E-state index in [1.54, 1.807) is 0 Å². The minimum Gasteiger partial charge on any atom is -0.353 e. The number of nitrogens with zero attached hydrogens (tertiary/aromatic N) is 3. The number of hydrogen-bond donors (Lipinski definition) is 1. The van der Waals surface area contributed by atoms with Crippen LogP contribution < -0.4 is 5.32 Å². The first kappa shape index (κ1) is 16.4. The van der Waals surface area contributed by atoms with Gasteiger partial charge in [0.05, 0.1) is 18.1 Å². The fourth-order valence-electron chi connectivity index (χ4n) is 2.33. The third-order valence-electron chi connectivity index (χ3n) is 3.70. The Morgan fingerprint density at radius 3 is 2.59 bits per heavy atom. The fraction of sp³-hybridized carbons (Fsp3) is 0.471. The lowest BCUT2D eigenvalue weighted by molar-refractivity contribution is -0.126. The molecular weight excluding hydrogens is 276 g/mol. The maximum absolute atomic E-state index is 12.1. The molecule has 0 spiro atoms. The molecule has 1 aromatic heterocycles. The highest BCUT2D eigenvalue weighted by Gasteiger charge is 2.19. The molecule has 2 aromatic rings. The lowest BCUT2D eigenvalue weighted by Crippen LogP contribution is -2.45. The molecule has 22 heavy (non-hydrogen) atoms. The molecule has 5 heteroatoms. The first-order valence-corrected chi connectivity index (χ1v) is 7.61. The summed E-state index contributed by atoms with van der Waals surface area (Å²) < 4.78 is 0. The van der Waals surface area contributed by atoms with Crippen molar-refractivity contribution >= 4 is 16.8 Å². The van der Waals surface area contributed by atoms with Crippen LogP contribution in [0.25, 0.3) is 10.9 Å². The van der Waals surface area contributed by atoms with Gasteiger partial charge in [-0.05, 0) is 40.8 Å². The minimum atomic E-state index is -0.224. The second kappa shape index (κ2) is 6.83. The van der Waals surface area contributed by atoms with Gasteiger partial charge in [0.2, 0.25) is 5.91 Å². The molecule has 0 radical (unpaired) electrons. The van der Waals surface area contributed by atoms with Crippen LogP contribution in [0, 0.1) is 6.92 Å². The van der Waals surface area contributed by atoms with Crippen molar-refractivity contribution in [1.82, 2.24) is 20.2 Å². The van der Waals surface area contributed by atoms with Crippen molar-refractivity contribution in [1.29, 1.82) is 0 Å². The molecule has 0 unspecified atom stereocenters. The van der Waals surface area contributed by atoms with Crippen LogP contribution in [0.15, 0.2) is 24.3 Å². The normalized spacial score (nSPS) is 12.9. The van der Waals surface area contributed by atoms with E-state index in [1.807, 2.05) is 63.9 Å². The Kier molecular flexibility index (Phi) is 5.08. The number of hydrogen-bond acceptors (Lipinski definition) is 4. The van der Waals surface area contributed by atoms with Crippen molar-refractivity contribution in [2.24, 2.45) is 0 Å². The molecule has 5 nitrogen and oxygen atoms in total. The highest BCUT2D eigenvalue weighted by Crippen LogP contribution is 2.15. The minimum absolute atomic E-state index is 0.0232. The first-order valence-electron chi connectivity index (χ1n) is 7.61. The van der Waals surface area contributed by atoms with Crippen LogP contribution >= 0.6 is 0 Å². The zero-order valence-electron chi connectivity index (χ0n) is 13.9. The third-order valence-corrected chi connectivity index (χ3v) is 3.70. The molecule has 0 saturated carbocycles. The van der Waals surface area contributed by atoms with E-state index in [9.17, 15) is 4.79 Å². The summed E-state index contributed by atoms with van der Waals surface area (Å²) in [7, 11) is 1.92. The van der Waals surface area contributed by atoms with E-state index in [0.29, 0.717) is 6.54 Å². The van der Waals surface area contributed by atoms with Crippen molar-refractivity contribution < 1.29 is 4.79 Å². The molecule has 1 heterocycles. The Hall–Kier alpha value is -2.01. The summed E-state index contributed by atoms with van der Waals surface area (Å²) in [5.41, 5.74) is 1.91. The molecule has 0 aliphatic carbocycles. The first-order chi connectivity index (χ1) is 10.4. The van der Waals surface area contributed by atoms with Gasteiger partial charge in [-0.3, -0.25) is 9.69 Å². The average Bonchev–Trinajstić information content (AvgIpc) is 2.45. The summed E-state index contributed by atoms with van der Waals surface area (Å²) in [5, 5.41) is 4.00.